The molecule has 6 heteroatoms. The molecule has 1 aromatic rings. The highest BCUT2D eigenvalue weighted by molar-refractivity contribution is 5.98. The van der Waals surface area contributed by atoms with Crippen LogP contribution in [0.1, 0.15) is 23.2 Å². The SMILES string of the molecule is NC(=O)c1cc(N)cnc1N1CCC(CCO)C1. The minimum absolute atomic E-state index is 0.191. The van der Waals surface area contributed by atoms with E-state index in [-0.39, 0.29) is 6.61 Å². The molecule has 1 amide bonds. The number of nitrogen functional groups attached to an aromatic ring is 1. The third-order valence-corrected chi connectivity index (χ3v) is 3.28. The third kappa shape index (κ3) is 2.53. The summed E-state index contributed by atoms with van der Waals surface area (Å²) in [5, 5.41) is 8.94. The van der Waals surface area contributed by atoms with E-state index in [2.05, 4.69) is 4.98 Å². The summed E-state index contributed by atoms with van der Waals surface area (Å²) in [5.41, 5.74) is 11.8. The van der Waals surface area contributed by atoms with Gasteiger partial charge in [-0.2, -0.15) is 0 Å². The zero-order valence-corrected chi connectivity index (χ0v) is 10.2. The van der Waals surface area contributed by atoms with Crippen LogP contribution in [0.15, 0.2) is 12.3 Å². The Morgan fingerprint density at radius 2 is 2.39 bits per heavy atom. The summed E-state index contributed by atoms with van der Waals surface area (Å²) in [4.78, 5) is 17.6. The highest BCUT2D eigenvalue weighted by Gasteiger charge is 2.25. The maximum Gasteiger partial charge on any atom is 0.252 e. The predicted molar refractivity (Wildman–Crippen MR) is 69.2 cm³/mol. The molecular weight excluding hydrogens is 232 g/mol. The number of aliphatic hydroxyl groups excluding tert-OH is 1. The molecule has 0 bridgehead atoms. The lowest BCUT2D eigenvalue weighted by molar-refractivity contribution is 0.100. The summed E-state index contributed by atoms with van der Waals surface area (Å²) in [6, 6.07) is 1.56. The van der Waals surface area contributed by atoms with Gasteiger partial charge in [0.25, 0.3) is 5.91 Å². The molecule has 2 rings (SSSR count). The number of nitrogens with zero attached hydrogens (tertiary/aromatic N) is 2. The van der Waals surface area contributed by atoms with E-state index in [1.807, 2.05) is 4.90 Å². The van der Waals surface area contributed by atoms with Crippen LogP contribution < -0.4 is 16.4 Å². The van der Waals surface area contributed by atoms with Crippen molar-refractivity contribution in [2.24, 2.45) is 11.7 Å². The third-order valence-electron chi connectivity index (χ3n) is 3.28. The monoisotopic (exact) mass is 250 g/mol. The largest absolute Gasteiger partial charge is 0.397 e. The molecule has 0 aliphatic carbocycles. The van der Waals surface area contributed by atoms with Gasteiger partial charge in [0.05, 0.1) is 17.4 Å². The van der Waals surface area contributed by atoms with Crippen LogP contribution in [0.5, 0.6) is 0 Å². The van der Waals surface area contributed by atoms with E-state index in [0.29, 0.717) is 23.0 Å². The molecule has 5 N–H and O–H groups in total. The Morgan fingerprint density at radius 1 is 1.61 bits per heavy atom. The molecule has 1 aliphatic heterocycles. The van der Waals surface area contributed by atoms with E-state index in [4.69, 9.17) is 16.6 Å². The fourth-order valence-corrected chi connectivity index (χ4v) is 2.35. The van der Waals surface area contributed by atoms with E-state index in [9.17, 15) is 4.79 Å². The molecule has 1 unspecified atom stereocenters. The first-order valence-electron chi connectivity index (χ1n) is 6.03. The first kappa shape index (κ1) is 12.6. The summed E-state index contributed by atoms with van der Waals surface area (Å²) in [5.74, 6) is 0.516. The van der Waals surface area contributed by atoms with E-state index in [1.54, 1.807) is 6.07 Å². The molecule has 6 nitrogen and oxygen atoms in total. The van der Waals surface area contributed by atoms with E-state index in [0.717, 1.165) is 25.9 Å². The minimum Gasteiger partial charge on any atom is -0.397 e. The predicted octanol–water partition coefficient (Wildman–Crippen LogP) is -0.0286. The molecule has 18 heavy (non-hydrogen) atoms. The number of pyridine rings is 1. The van der Waals surface area contributed by atoms with Crippen LogP contribution in [0.4, 0.5) is 11.5 Å². The second kappa shape index (κ2) is 5.22. The van der Waals surface area contributed by atoms with E-state index >= 15 is 0 Å². The Labute approximate surface area is 106 Å². The average molecular weight is 250 g/mol. The van der Waals surface area contributed by atoms with Crippen molar-refractivity contribution in [3.8, 4) is 0 Å². The van der Waals surface area contributed by atoms with Gasteiger partial charge in [-0.1, -0.05) is 0 Å². The van der Waals surface area contributed by atoms with Gasteiger partial charge in [0.1, 0.15) is 5.82 Å². The molecule has 98 valence electrons. The number of hydrogen-bond donors (Lipinski definition) is 3. The number of hydrogen-bond acceptors (Lipinski definition) is 5. The Morgan fingerprint density at radius 3 is 3.06 bits per heavy atom. The number of carbonyl (C=O) groups is 1. The van der Waals surface area contributed by atoms with Crippen molar-refractivity contribution in [3.63, 3.8) is 0 Å². The number of nitrogens with two attached hydrogens (primary N) is 2. The summed E-state index contributed by atoms with van der Waals surface area (Å²) in [6.07, 6.45) is 3.29. The van der Waals surface area contributed by atoms with E-state index in [1.165, 1.54) is 6.20 Å². The van der Waals surface area contributed by atoms with Gasteiger partial charge >= 0.3 is 0 Å². The first-order valence-corrected chi connectivity index (χ1v) is 6.03. The van der Waals surface area contributed by atoms with Crippen molar-refractivity contribution >= 4 is 17.4 Å². The molecule has 1 atom stereocenters. The van der Waals surface area contributed by atoms with Crippen molar-refractivity contribution in [2.45, 2.75) is 12.8 Å². The number of anilines is 2. The van der Waals surface area contributed by atoms with Crippen LogP contribution in [-0.2, 0) is 0 Å². The normalized spacial score (nSPS) is 19.2. The average Bonchev–Trinajstić information content (AvgIpc) is 2.78. The quantitative estimate of drug-likeness (QED) is 0.696. The van der Waals surface area contributed by atoms with Crippen LogP contribution in [0.25, 0.3) is 0 Å². The second-order valence-electron chi connectivity index (χ2n) is 4.62. The Balaban J connectivity index is 2.21. The van der Waals surface area contributed by atoms with Gasteiger partial charge in [-0.25, -0.2) is 4.98 Å². The molecular formula is C12H18N4O2. The van der Waals surface area contributed by atoms with Gasteiger partial charge in [0.2, 0.25) is 0 Å². The zero-order valence-electron chi connectivity index (χ0n) is 10.2. The molecule has 0 spiro atoms. The summed E-state index contributed by atoms with van der Waals surface area (Å²) in [7, 11) is 0. The van der Waals surface area contributed by atoms with E-state index < -0.39 is 5.91 Å². The maximum absolute atomic E-state index is 11.4. The Kier molecular flexibility index (Phi) is 3.66. The summed E-state index contributed by atoms with van der Waals surface area (Å²) in [6.45, 7) is 1.80. The summed E-state index contributed by atoms with van der Waals surface area (Å²) >= 11 is 0. The number of aliphatic hydroxyl groups is 1. The number of carbonyl (C=O) groups excluding carboxylic acids is 1. The van der Waals surface area contributed by atoms with Gasteiger partial charge < -0.3 is 21.5 Å². The Hall–Kier alpha value is -1.82. The van der Waals surface area contributed by atoms with Crippen molar-refractivity contribution in [1.82, 2.24) is 4.98 Å². The highest BCUT2D eigenvalue weighted by atomic mass is 16.3. The van der Waals surface area contributed by atoms with Gasteiger partial charge in [0, 0.05) is 19.7 Å². The maximum atomic E-state index is 11.4. The van der Waals surface area contributed by atoms with Crippen LogP contribution >= 0.6 is 0 Å². The van der Waals surface area contributed by atoms with Crippen LogP contribution in [0, 0.1) is 5.92 Å². The van der Waals surface area contributed by atoms with Crippen LogP contribution in [0.3, 0.4) is 0 Å². The second-order valence-corrected chi connectivity index (χ2v) is 4.62. The lowest BCUT2D eigenvalue weighted by atomic mass is 10.1. The van der Waals surface area contributed by atoms with Crippen molar-refractivity contribution < 1.29 is 9.90 Å². The topological polar surface area (TPSA) is 105 Å². The van der Waals surface area contributed by atoms with Gasteiger partial charge in [-0.05, 0) is 24.8 Å². The van der Waals surface area contributed by atoms with Crippen molar-refractivity contribution in [1.29, 1.82) is 0 Å². The highest BCUT2D eigenvalue weighted by Crippen LogP contribution is 2.27. The standard InChI is InChI=1S/C12H18N4O2/c13-9-5-10(11(14)18)12(15-6-9)16-3-1-8(7-16)2-4-17/h5-6,8,17H,1-4,7,13H2,(H2,14,18). The number of primary amides is 1. The zero-order chi connectivity index (χ0) is 13.1. The molecule has 1 aromatic heterocycles. The molecule has 0 saturated carbocycles. The lowest BCUT2D eigenvalue weighted by Crippen LogP contribution is -2.25. The molecule has 1 saturated heterocycles. The van der Waals surface area contributed by atoms with Crippen LogP contribution in [-0.4, -0.2) is 35.7 Å². The number of aromatic nitrogens is 1. The fourth-order valence-electron chi connectivity index (χ4n) is 2.35. The van der Waals surface area contributed by atoms with Gasteiger partial charge in [-0.3, -0.25) is 4.79 Å². The lowest BCUT2D eigenvalue weighted by Gasteiger charge is -2.19. The first-order chi connectivity index (χ1) is 8.61. The van der Waals surface area contributed by atoms with Gasteiger partial charge in [-0.15, -0.1) is 0 Å². The molecule has 0 aromatic carbocycles. The van der Waals surface area contributed by atoms with Crippen molar-refractivity contribution in [2.75, 3.05) is 30.3 Å². The smallest absolute Gasteiger partial charge is 0.252 e. The number of amides is 1. The molecule has 1 fully saturated rings. The van der Waals surface area contributed by atoms with Crippen molar-refractivity contribution in [3.05, 3.63) is 17.8 Å². The Bertz CT molecular complexity index is 450. The molecule has 0 radical (unpaired) electrons. The summed E-state index contributed by atoms with van der Waals surface area (Å²) < 4.78 is 0. The number of rotatable bonds is 4. The molecule has 1 aliphatic rings. The van der Waals surface area contributed by atoms with Crippen LogP contribution in [0.2, 0.25) is 0 Å². The minimum atomic E-state index is -0.518. The van der Waals surface area contributed by atoms with Gasteiger partial charge in [0.15, 0.2) is 0 Å². The fraction of sp³-hybridized carbons (Fsp3) is 0.500. The molecule has 2 heterocycles.